The lowest BCUT2D eigenvalue weighted by Crippen LogP contribution is -2.61. The van der Waals surface area contributed by atoms with Gasteiger partial charge in [0.25, 0.3) is 5.91 Å². The lowest BCUT2D eigenvalue weighted by Gasteiger charge is -2.47. The SMILES string of the molecule is CCOc1ccc2cc(C(=O)N3CC(C)(C)OC4(CCOC4)C3)[nH]c2c1. The Kier molecular flexibility index (Phi) is 4.20. The van der Waals surface area contributed by atoms with E-state index in [0.29, 0.717) is 38.6 Å². The van der Waals surface area contributed by atoms with Crippen LogP contribution in [0.15, 0.2) is 24.3 Å². The quantitative estimate of drug-likeness (QED) is 0.916. The van der Waals surface area contributed by atoms with Gasteiger partial charge in [0.15, 0.2) is 0 Å². The summed E-state index contributed by atoms with van der Waals surface area (Å²) in [5.74, 6) is 0.803. The van der Waals surface area contributed by atoms with E-state index in [-0.39, 0.29) is 11.5 Å². The van der Waals surface area contributed by atoms with Gasteiger partial charge in [-0.3, -0.25) is 4.79 Å². The van der Waals surface area contributed by atoms with Gasteiger partial charge in [-0.15, -0.1) is 0 Å². The molecule has 2 aliphatic rings. The number of H-pyrrole nitrogens is 1. The van der Waals surface area contributed by atoms with Crippen molar-refractivity contribution in [3.05, 3.63) is 30.0 Å². The molecular formula is C20H26N2O4. The van der Waals surface area contributed by atoms with Gasteiger partial charge in [0.1, 0.15) is 17.0 Å². The number of nitrogens with zero attached hydrogens (tertiary/aromatic N) is 1. The van der Waals surface area contributed by atoms with Crippen molar-refractivity contribution >= 4 is 16.8 Å². The number of rotatable bonds is 3. The molecule has 0 bridgehead atoms. The largest absolute Gasteiger partial charge is 0.494 e. The maximum absolute atomic E-state index is 13.2. The van der Waals surface area contributed by atoms with Crippen LogP contribution in [0.5, 0.6) is 5.75 Å². The molecule has 1 spiro atoms. The summed E-state index contributed by atoms with van der Waals surface area (Å²) in [6.45, 7) is 9.00. The smallest absolute Gasteiger partial charge is 0.270 e. The van der Waals surface area contributed by atoms with E-state index in [1.54, 1.807) is 0 Å². The van der Waals surface area contributed by atoms with Crippen LogP contribution in [0.1, 0.15) is 37.7 Å². The number of ether oxygens (including phenoxy) is 3. The molecule has 3 heterocycles. The highest BCUT2D eigenvalue weighted by molar-refractivity contribution is 5.98. The van der Waals surface area contributed by atoms with Crippen LogP contribution in [0, 0.1) is 0 Å². The Hall–Kier alpha value is -2.05. The topological polar surface area (TPSA) is 63.8 Å². The maximum Gasteiger partial charge on any atom is 0.270 e. The number of carbonyl (C=O) groups excluding carboxylic acids is 1. The summed E-state index contributed by atoms with van der Waals surface area (Å²) in [6.07, 6.45) is 0.824. The highest BCUT2D eigenvalue weighted by atomic mass is 16.6. The van der Waals surface area contributed by atoms with Crippen molar-refractivity contribution in [1.82, 2.24) is 9.88 Å². The van der Waals surface area contributed by atoms with Crippen LogP contribution in [-0.4, -0.2) is 59.9 Å². The Morgan fingerprint density at radius 1 is 1.31 bits per heavy atom. The number of fused-ring (bicyclic) bond motifs is 1. The molecule has 0 saturated carbocycles. The van der Waals surface area contributed by atoms with Crippen LogP contribution in [0.3, 0.4) is 0 Å². The van der Waals surface area contributed by atoms with Crippen molar-refractivity contribution in [2.45, 2.75) is 38.4 Å². The molecule has 1 N–H and O–H groups in total. The molecule has 6 heteroatoms. The maximum atomic E-state index is 13.2. The first-order valence-corrected chi connectivity index (χ1v) is 9.23. The van der Waals surface area contributed by atoms with Crippen LogP contribution in [-0.2, 0) is 9.47 Å². The minimum absolute atomic E-state index is 0.00168. The molecular weight excluding hydrogens is 332 g/mol. The summed E-state index contributed by atoms with van der Waals surface area (Å²) in [4.78, 5) is 18.3. The van der Waals surface area contributed by atoms with Gasteiger partial charge >= 0.3 is 0 Å². The molecule has 1 amide bonds. The van der Waals surface area contributed by atoms with E-state index in [1.807, 2.05) is 49.9 Å². The Bertz CT molecular complexity index is 820. The second-order valence-electron chi connectivity index (χ2n) is 7.87. The number of carbonyl (C=O) groups is 1. The van der Waals surface area contributed by atoms with Crippen molar-refractivity contribution in [3.8, 4) is 5.75 Å². The molecule has 0 radical (unpaired) electrons. The molecule has 2 saturated heterocycles. The van der Waals surface area contributed by atoms with Gasteiger partial charge in [-0.2, -0.15) is 0 Å². The van der Waals surface area contributed by atoms with Gasteiger partial charge in [0.2, 0.25) is 0 Å². The summed E-state index contributed by atoms with van der Waals surface area (Å²) >= 11 is 0. The van der Waals surface area contributed by atoms with Crippen LogP contribution in [0.4, 0.5) is 0 Å². The highest BCUT2D eigenvalue weighted by Gasteiger charge is 2.48. The summed E-state index contributed by atoms with van der Waals surface area (Å²) in [6, 6.07) is 7.75. The predicted molar refractivity (Wildman–Crippen MR) is 98.7 cm³/mol. The molecule has 140 valence electrons. The van der Waals surface area contributed by atoms with Gasteiger partial charge in [0, 0.05) is 36.5 Å². The first-order valence-electron chi connectivity index (χ1n) is 9.23. The number of aromatic amines is 1. The van der Waals surface area contributed by atoms with Gasteiger partial charge in [-0.25, -0.2) is 0 Å². The lowest BCUT2D eigenvalue weighted by molar-refractivity contribution is -0.186. The van der Waals surface area contributed by atoms with E-state index in [4.69, 9.17) is 14.2 Å². The van der Waals surface area contributed by atoms with Crippen molar-refractivity contribution in [2.24, 2.45) is 0 Å². The fraction of sp³-hybridized carbons (Fsp3) is 0.550. The second-order valence-corrected chi connectivity index (χ2v) is 7.87. The number of amides is 1. The molecule has 2 aromatic rings. The predicted octanol–water partition coefficient (Wildman–Crippen LogP) is 2.98. The number of aromatic nitrogens is 1. The zero-order chi connectivity index (χ0) is 18.4. The van der Waals surface area contributed by atoms with E-state index in [1.165, 1.54) is 0 Å². The number of benzene rings is 1. The minimum atomic E-state index is -0.393. The number of morpholine rings is 1. The summed E-state index contributed by atoms with van der Waals surface area (Å²) < 4.78 is 17.4. The molecule has 1 aromatic carbocycles. The molecule has 1 atom stereocenters. The summed E-state index contributed by atoms with van der Waals surface area (Å²) in [5, 5.41) is 1.00. The fourth-order valence-electron chi connectivity index (χ4n) is 4.10. The minimum Gasteiger partial charge on any atom is -0.494 e. The molecule has 2 aliphatic heterocycles. The van der Waals surface area contributed by atoms with Crippen molar-refractivity contribution in [2.75, 3.05) is 32.9 Å². The van der Waals surface area contributed by atoms with E-state index >= 15 is 0 Å². The first kappa shape index (κ1) is 17.4. The third kappa shape index (κ3) is 3.19. The first-order chi connectivity index (χ1) is 12.4. The van der Waals surface area contributed by atoms with Gasteiger partial charge in [0.05, 0.1) is 25.4 Å². The average Bonchev–Trinajstić information content (AvgIpc) is 3.19. The Morgan fingerprint density at radius 3 is 2.88 bits per heavy atom. The molecule has 1 unspecified atom stereocenters. The lowest BCUT2D eigenvalue weighted by atomic mass is 9.94. The third-order valence-corrected chi connectivity index (χ3v) is 5.03. The second kappa shape index (κ2) is 6.28. The summed E-state index contributed by atoms with van der Waals surface area (Å²) in [7, 11) is 0. The monoisotopic (exact) mass is 358 g/mol. The standard InChI is InChI=1S/C20H26N2O4/c1-4-25-15-6-5-14-9-17(21-16(14)10-15)18(23)22-11-19(2,3)26-20(12-22)7-8-24-13-20/h5-6,9-10,21H,4,7-8,11-13H2,1-3H3. The highest BCUT2D eigenvalue weighted by Crippen LogP contribution is 2.35. The average molecular weight is 358 g/mol. The Labute approximate surface area is 153 Å². The third-order valence-electron chi connectivity index (χ3n) is 5.03. The van der Waals surface area contributed by atoms with Crippen LogP contribution in [0.2, 0.25) is 0 Å². The zero-order valence-corrected chi connectivity index (χ0v) is 15.6. The molecule has 0 aliphatic carbocycles. The van der Waals surface area contributed by atoms with E-state index in [2.05, 4.69) is 4.98 Å². The zero-order valence-electron chi connectivity index (χ0n) is 15.6. The van der Waals surface area contributed by atoms with Crippen molar-refractivity contribution < 1.29 is 19.0 Å². The van der Waals surface area contributed by atoms with Crippen LogP contribution >= 0.6 is 0 Å². The fourth-order valence-corrected chi connectivity index (χ4v) is 4.10. The number of hydrogen-bond donors (Lipinski definition) is 1. The van der Waals surface area contributed by atoms with Gasteiger partial charge < -0.3 is 24.1 Å². The molecule has 4 rings (SSSR count). The molecule has 26 heavy (non-hydrogen) atoms. The van der Waals surface area contributed by atoms with E-state index in [0.717, 1.165) is 23.1 Å². The number of nitrogens with one attached hydrogen (secondary N) is 1. The Morgan fingerprint density at radius 2 is 2.15 bits per heavy atom. The van der Waals surface area contributed by atoms with Crippen molar-refractivity contribution in [3.63, 3.8) is 0 Å². The summed E-state index contributed by atoms with van der Waals surface area (Å²) in [5.41, 5.74) is 0.729. The Balaban J connectivity index is 1.61. The molecule has 1 aromatic heterocycles. The normalized spacial score (nSPS) is 25.1. The number of hydrogen-bond acceptors (Lipinski definition) is 4. The van der Waals surface area contributed by atoms with Gasteiger partial charge in [-0.1, -0.05) is 0 Å². The van der Waals surface area contributed by atoms with E-state index < -0.39 is 5.60 Å². The van der Waals surface area contributed by atoms with Crippen LogP contribution < -0.4 is 4.74 Å². The van der Waals surface area contributed by atoms with Crippen molar-refractivity contribution in [1.29, 1.82) is 0 Å². The molecule has 2 fully saturated rings. The van der Waals surface area contributed by atoms with Gasteiger partial charge in [-0.05, 0) is 39.0 Å². The molecule has 6 nitrogen and oxygen atoms in total. The van der Waals surface area contributed by atoms with E-state index in [9.17, 15) is 4.79 Å². The van der Waals surface area contributed by atoms with Crippen LogP contribution in [0.25, 0.3) is 10.9 Å².